The van der Waals surface area contributed by atoms with Gasteiger partial charge in [0.1, 0.15) is 0 Å². The van der Waals surface area contributed by atoms with Crippen molar-refractivity contribution in [2.24, 2.45) is 0 Å². The predicted octanol–water partition coefficient (Wildman–Crippen LogP) is 2.40. The van der Waals surface area contributed by atoms with Crippen LogP contribution in [0.15, 0.2) is 42.7 Å². The number of amides is 1. The van der Waals surface area contributed by atoms with Crippen molar-refractivity contribution in [2.45, 2.75) is 13.3 Å². The molecule has 0 radical (unpaired) electrons. The van der Waals surface area contributed by atoms with Crippen LogP contribution in [0.5, 0.6) is 0 Å². The molecule has 0 atom stereocenters. The van der Waals surface area contributed by atoms with Gasteiger partial charge in [0.15, 0.2) is 0 Å². The minimum atomic E-state index is -0.102. The van der Waals surface area contributed by atoms with Crippen LogP contribution in [0.25, 0.3) is 0 Å². The molecule has 1 aromatic carbocycles. The molecule has 4 nitrogen and oxygen atoms in total. The number of rotatable bonds is 5. The Bertz CT molecular complexity index is 596. The van der Waals surface area contributed by atoms with Gasteiger partial charge in [-0.2, -0.15) is 0 Å². The standard InChI is InChI=1S/C16H19N3O/c1-12-4-3-5-13(10-12)6-9-19-16(20)14-11-18-8-7-15(14)17-2/h3-5,7-8,10-11H,6,9H2,1-2H3,(H,17,18)(H,19,20). The third-order valence-corrected chi connectivity index (χ3v) is 3.12. The van der Waals surface area contributed by atoms with Crippen molar-refractivity contribution < 1.29 is 4.79 Å². The number of nitrogens with zero attached hydrogens (tertiary/aromatic N) is 1. The summed E-state index contributed by atoms with van der Waals surface area (Å²) in [6.07, 6.45) is 4.06. The molecule has 0 bridgehead atoms. The highest BCUT2D eigenvalue weighted by atomic mass is 16.1. The summed E-state index contributed by atoms with van der Waals surface area (Å²) >= 11 is 0. The van der Waals surface area contributed by atoms with E-state index in [-0.39, 0.29) is 5.91 Å². The van der Waals surface area contributed by atoms with Gasteiger partial charge in [-0.25, -0.2) is 0 Å². The number of carbonyl (C=O) groups excluding carboxylic acids is 1. The normalized spacial score (nSPS) is 10.1. The summed E-state index contributed by atoms with van der Waals surface area (Å²) in [5.41, 5.74) is 3.82. The fraction of sp³-hybridized carbons (Fsp3) is 0.250. The zero-order valence-corrected chi connectivity index (χ0v) is 11.8. The van der Waals surface area contributed by atoms with Gasteiger partial charge in [0.05, 0.1) is 5.56 Å². The first kappa shape index (κ1) is 14.1. The number of hydrogen-bond donors (Lipinski definition) is 2. The first-order valence-electron chi connectivity index (χ1n) is 6.66. The minimum Gasteiger partial charge on any atom is -0.387 e. The molecule has 4 heteroatoms. The summed E-state index contributed by atoms with van der Waals surface area (Å²) in [4.78, 5) is 16.1. The van der Waals surface area contributed by atoms with Gasteiger partial charge in [0.2, 0.25) is 0 Å². The lowest BCUT2D eigenvalue weighted by Gasteiger charge is -2.09. The SMILES string of the molecule is CNc1ccncc1C(=O)NCCc1cccc(C)c1. The summed E-state index contributed by atoms with van der Waals surface area (Å²) in [6, 6.07) is 10.1. The highest BCUT2D eigenvalue weighted by Gasteiger charge is 2.09. The third-order valence-electron chi connectivity index (χ3n) is 3.12. The first-order chi connectivity index (χ1) is 9.70. The van der Waals surface area contributed by atoms with E-state index in [1.165, 1.54) is 11.1 Å². The minimum absolute atomic E-state index is 0.102. The molecule has 1 heterocycles. The highest BCUT2D eigenvalue weighted by Crippen LogP contribution is 2.12. The molecule has 1 aromatic heterocycles. The molecule has 2 rings (SSSR count). The summed E-state index contributed by atoms with van der Waals surface area (Å²) in [5, 5.41) is 5.91. The van der Waals surface area contributed by atoms with Crippen LogP contribution >= 0.6 is 0 Å². The lowest BCUT2D eigenvalue weighted by Crippen LogP contribution is -2.26. The van der Waals surface area contributed by atoms with Crippen molar-refractivity contribution >= 4 is 11.6 Å². The van der Waals surface area contributed by atoms with E-state index >= 15 is 0 Å². The fourth-order valence-corrected chi connectivity index (χ4v) is 2.08. The van der Waals surface area contributed by atoms with E-state index in [0.29, 0.717) is 12.1 Å². The van der Waals surface area contributed by atoms with Crippen LogP contribution in [0.3, 0.4) is 0 Å². The topological polar surface area (TPSA) is 54.0 Å². The van der Waals surface area contributed by atoms with Crippen LogP contribution in [0.4, 0.5) is 5.69 Å². The van der Waals surface area contributed by atoms with Crippen molar-refractivity contribution in [1.29, 1.82) is 0 Å². The molecule has 2 N–H and O–H groups in total. The van der Waals surface area contributed by atoms with Crippen molar-refractivity contribution in [3.05, 3.63) is 59.4 Å². The quantitative estimate of drug-likeness (QED) is 0.876. The lowest BCUT2D eigenvalue weighted by molar-refractivity contribution is 0.0954. The monoisotopic (exact) mass is 269 g/mol. The highest BCUT2D eigenvalue weighted by molar-refractivity contribution is 5.99. The smallest absolute Gasteiger partial charge is 0.254 e. The van der Waals surface area contributed by atoms with Gasteiger partial charge in [-0.1, -0.05) is 29.8 Å². The molecule has 0 aliphatic heterocycles. The van der Waals surface area contributed by atoms with Gasteiger partial charge in [0, 0.05) is 31.7 Å². The first-order valence-corrected chi connectivity index (χ1v) is 6.66. The second kappa shape index (κ2) is 6.70. The molecule has 0 unspecified atom stereocenters. The maximum atomic E-state index is 12.1. The average Bonchev–Trinajstić information content (AvgIpc) is 2.47. The van der Waals surface area contributed by atoms with Crippen molar-refractivity contribution in [2.75, 3.05) is 18.9 Å². The Morgan fingerprint density at radius 2 is 2.15 bits per heavy atom. The van der Waals surface area contributed by atoms with Crippen LogP contribution in [0.1, 0.15) is 21.5 Å². The van der Waals surface area contributed by atoms with Gasteiger partial charge < -0.3 is 10.6 Å². The van der Waals surface area contributed by atoms with E-state index in [9.17, 15) is 4.79 Å². The molecule has 2 aromatic rings. The van der Waals surface area contributed by atoms with Crippen LogP contribution < -0.4 is 10.6 Å². The maximum absolute atomic E-state index is 12.1. The number of aromatic nitrogens is 1. The zero-order valence-electron chi connectivity index (χ0n) is 11.8. The van der Waals surface area contributed by atoms with E-state index in [2.05, 4.69) is 40.7 Å². The van der Waals surface area contributed by atoms with E-state index in [0.717, 1.165) is 12.1 Å². The molecule has 0 spiro atoms. The Morgan fingerprint density at radius 1 is 1.30 bits per heavy atom. The summed E-state index contributed by atoms with van der Waals surface area (Å²) in [5.74, 6) is -0.102. The molecule has 0 aliphatic carbocycles. The molecule has 0 fully saturated rings. The van der Waals surface area contributed by atoms with Crippen molar-refractivity contribution in [3.63, 3.8) is 0 Å². The van der Waals surface area contributed by atoms with Gasteiger partial charge in [-0.05, 0) is 25.0 Å². The number of pyridine rings is 1. The Balaban J connectivity index is 1.92. The average molecular weight is 269 g/mol. The Morgan fingerprint density at radius 3 is 2.90 bits per heavy atom. The van der Waals surface area contributed by atoms with Gasteiger partial charge >= 0.3 is 0 Å². The molecule has 1 amide bonds. The molecule has 104 valence electrons. The number of aryl methyl sites for hydroxylation is 1. The van der Waals surface area contributed by atoms with E-state index in [1.54, 1.807) is 25.5 Å². The van der Waals surface area contributed by atoms with E-state index in [1.807, 2.05) is 6.07 Å². The molecule has 0 saturated heterocycles. The fourth-order valence-electron chi connectivity index (χ4n) is 2.08. The number of benzene rings is 1. The van der Waals surface area contributed by atoms with Gasteiger partial charge in [-0.15, -0.1) is 0 Å². The molecular weight excluding hydrogens is 250 g/mol. The molecular formula is C16H19N3O. The van der Waals surface area contributed by atoms with Crippen LogP contribution in [-0.4, -0.2) is 24.5 Å². The van der Waals surface area contributed by atoms with E-state index < -0.39 is 0 Å². The summed E-state index contributed by atoms with van der Waals surface area (Å²) in [7, 11) is 1.79. The second-order valence-corrected chi connectivity index (χ2v) is 4.67. The largest absolute Gasteiger partial charge is 0.387 e. The molecule has 20 heavy (non-hydrogen) atoms. The number of nitrogens with one attached hydrogen (secondary N) is 2. The lowest BCUT2D eigenvalue weighted by atomic mass is 10.1. The summed E-state index contributed by atoms with van der Waals surface area (Å²) in [6.45, 7) is 2.68. The summed E-state index contributed by atoms with van der Waals surface area (Å²) < 4.78 is 0. The maximum Gasteiger partial charge on any atom is 0.254 e. The number of hydrogen-bond acceptors (Lipinski definition) is 3. The van der Waals surface area contributed by atoms with E-state index in [4.69, 9.17) is 0 Å². The van der Waals surface area contributed by atoms with Crippen molar-refractivity contribution in [1.82, 2.24) is 10.3 Å². The van der Waals surface area contributed by atoms with Crippen LogP contribution in [0, 0.1) is 6.92 Å². The zero-order chi connectivity index (χ0) is 14.4. The number of anilines is 1. The Kier molecular flexibility index (Phi) is 4.71. The van der Waals surface area contributed by atoms with Crippen LogP contribution in [0.2, 0.25) is 0 Å². The predicted molar refractivity (Wildman–Crippen MR) is 81.0 cm³/mol. The second-order valence-electron chi connectivity index (χ2n) is 4.67. The number of carbonyl (C=O) groups is 1. The van der Waals surface area contributed by atoms with Crippen LogP contribution in [-0.2, 0) is 6.42 Å². The van der Waals surface area contributed by atoms with Gasteiger partial charge in [0.25, 0.3) is 5.91 Å². The van der Waals surface area contributed by atoms with Crippen molar-refractivity contribution in [3.8, 4) is 0 Å². The Labute approximate surface area is 119 Å². The third kappa shape index (κ3) is 3.57. The Hall–Kier alpha value is -2.36. The molecule has 0 saturated carbocycles. The van der Waals surface area contributed by atoms with Gasteiger partial charge in [-0.3, -0.25) is 9.78 Å². The molecule has 0 aliphatic rings.